The average Bonchev–Trinajstić information content (AvgIpc) is 2.92. The molecule has 1 saturated carbocycles. The molecule has 0 aromatic heterocycles. The van der Waals surface area contributed by atoms with Crippen LogP contribution in [-0.4, -0.2) is 11.5 Å². The Morgan fingerprint density at radius 2 is 2.11 bits per heavy atom. The van der Waals surface area contributed by atoms with Gasteiger partial charge in [-0.15, -0.1) is 0 Å². The first kappa shape index (κ1) is 14.3. The first-order valence-electron chi connectivity index (χ1n) is 6.67. The summed E-state index contributed by atoms with van der Waals surface area (Å²) in [5, 5.41) is 11.6. The second-order valence-electron chi connectivity index (χ2n) is 4.98. The number of hydrogen-bond donors (Lipinski definition) is 0. The molecule has 0 amide bonds. The predicted octanol–water partition coefficient (Wildman–Crippen LogP) is 4.45. The smallest absolute Gasteiger partial charge is 0.311 e. The van der Waals surface area contributed by atoms with Crippen molar-refractivity contribution in [3.63, 3.8) is 0 Å². The molecule has 4 nitrogen and oxygen atoms in total. The van der Waals surface area contributed by atoms with Crippen LogP contribution in [0, 0.1) is 16.0 Å². The second kappa shape index (κ2) is 6.89. The molecular formula is C14H18BrNO3. The molecule has 0 aliphatic heterocycles. The molecule has 5 heteroatoms. The van der Waals surface area contributed by atoms with Gasteiger partial charge in [0.05, 0.1) is 11.5 Å². The Balaban J connectivity index is 1.96. The lowest BCUT2D eigenvalue weighted by atomic mass is 10.1. The number of nitro benzene ring substituents is 1. The van der Waals surface area contributed by atoms with Gasteiger partial charge >= 0.3 is 5.69 Å². The fourth-order valence-corrected chi connectivity index (χ4v) is 2.89. The number of ether oxygens (including phenoxy) is 1. The summed E-state index contributed by atoms with van der Waals surface area (Å²) >= 11 is 3.30. The van der Waals surface area contributed by atoms with Gasteiger partial charge in [0.25, 0.3) is 0 Å². The maximum absolute atomic E-state index is 11.0. The number of hydrogen-bond acceptors (Lipinski definition) is 3. The van der Waals surface area contributed by atoms with Crippen molar-refractivity contribution in [3.8, 4) is 5.75 Å². The topological polar surface area (TPSA) is 52.4 Å². The second-order valence-corrected chi connectivity index (χ2v) is 5.54. The highest BCUT2D eigenvalue weighted by Crippen LogP contribution is 2.31. The Labute approximate surface area is 121 Å². The normalized spacial score (nSPS) is 15.6. The number of nitro groups is 1. The van der Waals surface area contributed by atoms with Crippen LogP contribution in [-0.2, 0) is 5.33 Å². The van der Waals surface area contributed by atoms with Gasteiger partial charge in [0.2, 0.25) is 0 Å². The first-order valence-corrected chi connectivity index (χ1v) is 7.79. The van der Waals surface area contributed by atoms with Gasteiger partial charge in [0.15, 0.2) is 5.75 Å². The zero-order valence-electron chi connectivity index (χ0n) is 10.8. The lowest BCUT2D eigenvalue weighted by Gasteiger charge is -2.11. The highest BCUT2D eigenvalue weighted by molar-refractivity contribution is 9.08. The summed E-state index contributed by atoms with van der Waals surface area (Å²) in [4.78, 5) is 10.6. The van der Waals surface area contributed by atoms with Gasteiger partial charge in [-0.05, 0) is 24.0 Å². The quantitative estimate of drug-likeness (QED) is 0.440. The molecule has 0 saturated heterocycles. The zero-order chi connectivity index (χ0) is 13.7. The molecule has 1 fully saturated rings. The van der Waals surface area contributed by atoms with Gasteiger partial charge in [-0.1, -0.05) is 47.7 Å². The largest absolute Gasteiger partial charge is 0.487 e. The van der Waals surface area contributed by atoms with E-state index in [0.29, 0.717) is 17.7 Å². The van der Waals surface area contributed by atoms with E-state index in [0.717, 1.165) is 17.9 Å². The van der Waals surface area contributed by atoms with Crippen molar-refractivity contribution in [2.45, 2.75) is 37.4 Å². The van der Waals surface area contributed by atoms with Crippen LogP contribution in [0.3, 0.4) is 0 Å². The fourth-order valence-electron chi connectivity index (χ4n) is 2.55. The molecule has 0 atom stereocenters. The van der Waals surface area contributed by atoms with E-state index < -0.39 is 0 Å². The van der Waals surface area contributed by atoms with E-state index in [-0.39, 0.29) is 10.6 Å². The summed E-state index contributed by atoms with van der Waals surface area (Å²) in [6.07, 6.45) is 6.16. The van der Waals surface area contributed by atoms with Crippen molar-refractivity contribution in [1.29, 1.82) is 0 Å². The molecule has 1 aliphatic rings. The summed E-state index contributed by atoms with van der Waals surface area (Å²) in [5.74, 6) is 1.12. The summed E-state index contributed by atoms with van der Waals surface area (Å²) in [6, 6.07) is 5.12. The van der Waals surface area contributed by atoms with E-state index in [1.54, 1.807) is 12.1 Å². The van der Waals surface area contributed by atoms with Gasteiger partial charge in [-0.25, -0.2) is 0 Å². The molecule has 104 valence electrons. The maximum Gasteiger partial charge on any atom is 0.311 e. The molecule has 1 aliphatic carbocycles. The van der Waals surface area contributed by atoms with Crippen LogP contribution in [0.25, 0.3) is 0 Å². The summed E-state index contributed by atoms with van der Waals surface area (Å²) in [6.45, 7) is 0.569. The van der Waals surface area contributed by atoms with Crippen molar-refractivity contribution in [2.24, 2.45) is 5.92 Å². The average molecular weight is 328 g/mol. The third-order valence-electron chi connectivity index (χ3n) is 3.63. The van der Waals surface area contributed by atoms with Crippen LogP contribution in [0.5, 0.6) is 5.75 Å². The number of rotatable bonds is 6. The van der Waals surface area contributed by atoms with Gasteiger partial charge in [0, 0.05) is 11.4 Å². The Morgan fingerprint density at radius 1 is 1.37 bits per heavy atom. The lowest BCUT2D eigenvalue weighted by Crippen LogP contribution is -2.05. The minimum atomic E-state index is -0.378. The van der Waals surface area contributed by atoms with Crippen LogP contribution < -0.4 is 4.74 Å². The summed E-state index contributed by atoms with van der Waals surface area (Å²) in [5.41, 5.74) is 0.943. The molecular weight excluding hydrogens is 310 g/mol. The molecule has 0 bridgehead atoms. The summed E-state index contributed by atoms with van der Waals surface area (Å²) in [7, 11) is 0. The maximum atomic E-state index is 11.0. The Morgan fingerprint density at radius 3 is 2.74 bits per heavy atom. The van der Waals surface area contributed by atoms with E-state index in [1.165, 1.54) is 25.7 Å². The third kappa shape index (κ3) is 3.93. The van der Waals surface area contributed by atoms with Crippen LogP contribution in [0.2, 0.25) is 0 Å². The first-order chi connectivity index (χ1) is 9.20. The van der Waals surface area contributed by atoms with Gasteiger partial charge in [0.1, 0.15) is 0 Å². The SMILES string of the molecule is O=[N+]([O-])c1cc(CBr)ccc1OCCC1CCCC1. The lowest BCUT2D eigenvalue weighted by molar-refractivity contribution is -0.385. The van der Waals surface area contributed by atoms with Crippen LogP contribution in [0.15, 0.2) is 18.2 Å². The highest BCUT2D eigenvalue weighted by Gasteiger charge is 2.18. The molecule has 0 spiro atoms. The molecule has 1 aromatic carbocycles. The van der Waals surface area contributed by atoms with Crippen molar-refractivity contribution in [2.75, 3.05) is 6.61 Å². The summed E-state index contributed by atoms with van der Waals surface area (Å²) < 4.78 is 5.60. The monoisotopic (exact) mass is 327 g/mol. The fraction of sp³-hybridized carbons (Fsp3) is 0.571. The molecule has 0 heterocycles. The van der Waals surface area contributed by atoms with E-state index >= 15 is 0 Å². The minimum Gasteiger partial charge on any atom is -0.487 e. The molecule has 0 unspecified atom stereocenters. The van der Waals surface area contributed by atoms with Crippen molar-refractivity contribution < 1.29 is 9.66 Å². The number of alkyl halides is 1. The predicted molar refractivity (Wildman–Crippen MR) is 77.8 cm³/mol. The van der Waals surface area contributed by atoms with Crippen molar-refractivity contribution in [1.82, 2.24) is 0 Å². The van der Waals surface area contributed by atoms with E-state index in [2.05, 4.69) is 15.9 Å². The highest BCUT2D eigenvalue weighted by atomic mass is 79.9. The Kier molecular flexibility index (Phi) is 5.19. The minimum absolute atomic E-state index is 0.0587. The molecule has 0 radical (unpaired) electrons. The van der Waals surface area contributed by atoms with Crippen LogP contribution in [0.4, 0.5) is 5.69 Å². The number of nitrogens with zero attached hydrogens (tertiary/aromatic N) is 1. The van der Waals surface area contributed by atoms with Gasteiger partial charge < -0.3 is 4.74 Å². The molecule has 19 heavy (non-hydrogen) atoms. The van der Waals surface area contributed by atoms with Crippen molar-refractivity contribution >= 4 is 21.6 Å². The van der Waals surface area contributed by atoms with Gasteiger partial charge in [-0.2, -0.15) is 0 Å². The Hall–Kier alpha value is -1.10. The third-order valence-corrected chi connectivity index (χ3v) is 4.28. The van der Waals surface area contributed by atoms with Crippen LogP contribution >= 0.6 is 15.9 Å². The number of benzene rings is 1. The van der Waals surface area contributed by atoms with E-state index in [1.807, 2.05) is 6.07 Å². The molecule has 0 N–H and O–H groups in total. The van der Waals surface area contributed by atoms with Crippen LogP contribution in [0.1, 0.15) is 37.7 Å². The van der Waals surface area contributed by atoms with E-state index in [9.17, 15) is 10.1 Å². The zero-order valence-corrected chi connectivity index (χ0v) is 12.4. The number of halogens is 1. The molecule has 2 rings (SSSR count). The van der Waals surface area contributed by atoms with Crippen molar-refractivity contribution in [3.05, 3.63) is 33.9 Å². The molecule has 1 aromatic rings. The Bertz CT molecular complexity index is 444. The standard InChI is InChI=1S/C14H18BrNO3/c15-10-12-5-6-14(13(9-12)16(17)18)19-8-7-11-3-1-2-4-11/h5-6,9,11H,1-4,7-8,10H2. The van der Waals surface area contributed by atoms with Gasteiger partial charge in [-0.3, -0.25) is 10.1 Å². The van der Waals surface area contributed by atoms with E-state index in [4.69, 9.17) is 4.74 Å².